The number of sulfone groups is 1. The maximum absolute atomic E-state index is 13.4. The number of carbonyl (C=O) groups is 1. The van der Waals surface area contributed by atoms with Crippen LogP contribution in [-0.4, -0.2) is 57.6 Å². The number of amides is 1. The van der Waals surface area contributed by atoms with Gasteiger partial charge in [0.2, 0.25) is 0 Å². The van der Waals surface area contributed by atoms with Crippen molar-refractivity contribution in [1.29, 1.82) is 0 Å². The molecule has 0 bridgehead atoms. The van der Waals surface area contributed by atoms with E-state index in [-0.39, 0.29) is 16.4 Å². The van der Waals surface area contributed by atoms with Gasteiger partial charge in [0.1, 0.15) is 0 Å². The van der Waals surface area contributed by atoms with Crippen LogP contribution < -0.4 is 4.90 Å². The van der Waals surface area contributed by atoms with E-state index in [4.69, 9.17) is 0 Å². The normalized spacial score (nSPS) is 11.9. The molecule has 0 atom stereocenters. The molecule has 0 spiro atoms. The van der Waals surface area contributed by atoms with Gasteiger partial charge >= 0.3 is 0 Å². The summed E-state index contributed by atoms with van der Waals surface area (Å²) in [6, 6.07) is 14.0. The largest absolute Gasteiger partial charge is 0.309 e. The molecule has 148 valence electrons. The molecular formula is C20H23N3O3S2. The Bertz CT molecular complexity index is 1060. The van der Waals surface area contributed by atoms with E-state index in [1.165, 1.54) is 17.4 Å². The third kappa shape index (κ3) is 4.57. The standard InChI is InChI=1S/C20H23N3O3S2/c1-22(2)13-8-14-23(20-21-16-10-5-6-11-17(16)27-20)19(24)15-9-4-7-12-18(15)28(3,25)26/h4-7,9-12H,8,13-14H2,1-3H3. The van der Waals surface area contributed by atoms with Crippen molar-refractivity contribution >= 4 is 42.4 Å². The average Bonchev–Trinajstić information content (AvgIpc) is 3.07. The Morgan fingerprint density at radius 3 is 2.39 bits per heavy atom. The van der Waals surface area contributed by atoms with Gasteiger partial charge in [-0.15, -0.1) is 0 Å². The number of nitrogens with zero attached hydrogens (tertiary/aromatic N) is 3. The van der Waals surface area contributed by atoms with Crippen LogP contribution in [0.2, 0.25) is 0 Å². The van der Waals surface area contributed by atoms with E-state index in [0.29, 0.717) is 11.7 Å². The van der Waals surface area contributed by atoms with Crippen molar-refractivity contribution in [2.45, 2.75) is 11.3 Å². The van der Waals surface area contributed by atoms with E-state index in [1.807, 2.05) is 43.3 Å². The number of para-hydroxylation sites is 1. The van der Waals surface area contributed by atoms with Crippen molar-refractivity contribution < 1.29 is 13.2 Å². The fourth-order valence-electron chi connectivity index (χ4n) is 2.92. The van der Waals surface area contributed by atoms with E-state index < -0.39 is 9.84 Å². The zero-order valence-electron chi connectivity index (χ0n) is 16.1. The van der Waals surface area contributed by atoms with E-state index in [9.17, 15) is 13.2 Å². The third-order valence-corrected chi connectivity index (χ3v) is 6.48. The summed E-state index contributed by atoms with van der Waals surface area (Å²) < 4.78 is 25.3. The molecule has 6 nitrogen and oxygen atoms in total. The van der Waals surface area contributed by atoms with Crippen molar-refractivity contribution in [3.63, 3.8) is 0 Å². The molecule has 0 saturated carbocycles. The first kappa shape index (κ1) is 20.4. The highest BCUT2D eigenvalue weighted by atomic mass is 32.2. The molecule has 3 aromatic rings. The van der Waals surface area contributed by atoms with Crippen molar-refractivity contribution in [3.05, 3.63) is 54.1 Å². The Balaban J connectivity index is 2.03. The van der Waals surface area contributed by atoms with Crippen LogP contribution in [0.1, 0.15) is 16.8 Å². The predicted molar refractivity (Wildman–Crippen MR) is 114 cm³/mol. The second-order valence-electron chi connectivity index (χ2n) is 6.85. The van der Waals surface area contributed by atoms with E-state index in [1.54, 1.807) is 23.1 Å². The molecule has 28 heavy (non-hydrogen) atoms. The average molecular weight is 418 g/mol. The van der Waals surface area contributed by atoms with Crippen molar-refractivity contribution in [2.24, 2.45) is 0 Å². The summed E-state index contributed by atoms with van der Waals surface area (Å²) in [5, 5.41) is 0.577. The quantitative estimate of drug-likeness (QED) is 0.590. The molecule has 8 heteroatoms. The fourth-order valence-corrected chi connectivity index (χ4v) is 4.79. The predicted octanol–water partition coefficient (Wildman–Crippen LogP) is 3.30. The number of thiazole rings is 1. The molecule has 0 radical (unpaired) electrons. The Morgan fingerprint density at radius 1 is 1.04 bits per heavy atom. The summed E-state index contributed by atoms with van der Waals surface area (Å²) in [6.07, 6.45) is 1.86. The molecular weight excluding hydrogens is 394 g/mol. The lowest BCUT2D eigenvalue weighted by Gasteiger charge is -2.22. The summed E-state index contributed by atoms with van der Waals surface area (Å²) in [4.78, 5) is 21.7. The minimum atomic E-state index is -3.53. The monoisotopic (exact) mass is 417 g/mol. The van der Waals surface area contributed by atoms with Crippen molar-refractivity contribution in [3.8, 4) is 0 Å². The van der Waals surface area contributed by atoms with E-state index in [2.05, 4.69) is 4.98 Å². The molecule has 0 unspecified atom stereocenters. The Morgan fingerprint density at radius 2 is 1.71 bits per heavy atom. The maximum Gasteiger partial charge on any atom is 0.261 e. The fraction of sp³-hybridized carbons (Fsp3) is 0.300. The van der Waals surface area contributed by atoms with Gasteiger partial charge in [-0.25, -0.2) is 13.4 Å². The molecule has 0 aliphatic carbocycles. The lowest BCUT2D eigenvalue weighted by molar-refractivity contribution is 0.0983. The first-order chi connectivity index (χ1) is 13.3. The molecule has 1 heterocycles. The topological polar surface area (TPSA) is 70.6 Å². The van der Waals surface area contributed by atoms with Gasteiger partial charge in [0.25, 0.3) is 5.91 Å². The summed E-state index contributed by atoms with van der Waals surface area (Å²) in [7, 11) is 0.425. The number of rotatable bonds is 7. The minimum Gasteiger partial charge on any atom is -0.309 e. The van der Waals surface area contributed by atoms with Crippen LogP contribution in [0.3, 0.4) is 0 Å². The lowest BCUT2D eigenvalue weighted by atomic mass is 10.2. The van der Waals surface area contributed by atoms with Crippen LogP contribution in [0, 0.1) is 0 Å². The van der Waals surface area contributed by atoms with Crippen molar-refractivity contribution in [1.82, 2.24) is 9.88 Å². The Labute approximate surface area is 169 Å². The van der Waals surface area contributed by atoms with Gasteiger partial charge in [-0.1, -0.05) is 35.6 Å². The molecule has 3 rings (SSSR count). The number of anilines is 1. The smallest absolute Gasteiger partial charge is 0.261 e. The molecule has 1 amide bonds. The number of fused-ring (bicyclic) bond motifs is 1. The Kier molecular flexibility index (Phi) is 6.12. The van der Waals surface area contributed by atoms with Gasteiger partial charge in [0.15, 0.2) is 15.0 Å². The number of aromatic nitrogens is 1. The summed E-state index contributed by atoms with van der Waals surface area (Å²) in [6.45, 7) is 1.26. The van der Waals surface area contributed by atoms with Gasteiger partial charge in [0, 0.05) is 12.8 Å². The van der Waals surface area contributed by atoms with Crippen LogP contribution in [0.15, 0.2) is 53.4 Å². The van der Waals surface area contributed by atoms with Crippen LogP contribution in [0.4, 0.5) is 5.13 Å². The second-order valence-corrected chi connectivity index (χ2v) is 9.84. The van der Waals surface area contributed by atoms with Crippen LogP contribution in [0.25, 0.3) is 10.2 Å². The zero-order chi connectivity index (χ0) is 20.3. The summed E-state index contributed by atoms with van der Waals surface area (Å²) in [5.41, 5.74) is 0.999. The summed E-state index contributed by atoms with van der Waals surface area (Å²) in [5.74, 6) is -0.348. The molecule has 1 aromatic heterocycles. The Hall–Kier alpha value is -2.29. The van der Waals surface area contributed by atoms with Crippen LogP contribution >= 0.6 is 11.3 Å². The van der Waals surface area contributed by atoms with Gasteiger partial charge in [-0.05, 0) is 51.3 Å². The van der Waals surface area contributed by atoms with Crippen LogP contribution in [0.5, 0.6) is 0 Å². The van der Waals surface area contributed by atoms with E-state index in [0.717, 1.165) is 29.4 Å². The first-order valence-corrected chi connectivity index (χ1v) is 11.6. The van der Waals surface area contributed by atoms with Gasteiger partial charge in [-0.2, -0.15) is 0 Å². The highest BCUT2D eigenvalue weighted by Crippen LogP contribution is 2.30. The molecule has 0 fully saturated rings. The molecule has 0 aliphatic rings. The minimum absolute atomic E-state index is 0.0405. The number of benzene rings is 2. The maximum atomic E-state index is 13.4. The van der Waals surface area contributed by atoms with E-state index >= 15 is 0 Å². The van der Waals surface area contributed by atoms with Gasteiger partial charge in [0.05, 0.1) is 20.7 Å². The molecule has 0 aliphatic heterocycles. The highest BCUT2D eigenvalue weighted by Gasteiger charge is 2.25. The zero-order valence-corrected chi connectivity index (χ0v) is 17.8. The second kappa shape index (κ2) is 8.38. The SMILES string of the molecule is CN(C)CCCN(C(=O)c1ccccc1S(C)(=O)=O)c1nc2ccccc2s1. The number of hydrogen-bond acceptors (Lipinski definition) is 6. The first-order valence-electron chi connectivity index (χ1n) is 8.88. The molecule has 2 aromatic carbocycles. The van der Waals surface area contributed by atoms with Crippen molar-refractivity contribution in [2.75, 3.05) is 38.3 Å². The van der Waals surface area contributed by atoms with Crippen LogP contribution in [-0.2, 0) is 9.84 Å². The highest BCUT2D eigenvalue weighted by molar-refractivity contribution is 7.90. The lowest BCUT2D eigenvalue weighted by Crippen LogP contribution is -2.34. The molecule has 0 N–H and O–H groups in total. The molecule has 0 saturated heterocycles. The number of hydrogen-bond donors (Lipinski definition) is 0. The third-order valence-electron chi connectivity index (χ3n) is 4.26. The van der Waals surface area contributed by atoms with Gasteiger partial charge in [-0.3, -0.25) is 9.69 Å². The summed E-state index contributed by atoms with van der Waals surface area (Å²) >= 11 is 1.43. The van der Waals surface area contributed by atoms with Gasteiger partial charge < -0.3 is 4.90 Å². The number of carbonyl (C=O) groups excluding carboxylic acids is 1.